The largest absolute Gasteiger partial charge is 0.346 e. The molecule has 5 rings (SSSR count). The zero-order valence-electron chi connectivity index (χ0n) is 19.2. The number of aromatic amines is 1. The van der Waals surface area contributed by atoms with Crippen molar-refractivity contribution in [3.05, 3.63) is 99.7 Å². The maximum absolute atomic E-state index is 12.8. The Hall–Kier alpha value is -3.68. The molecule has 3 aromatic carbocycles. The van der Waals surface area contributed by atoms with Gasteiger partial charge < -0.3 is 15.5 Å². The van der Waals surface area contributed by atoms with Gasteiger partial charge in [-0.2, -0.15) is 5.10 Å². The quantitative estimate of drug-likeness (QED) is 0.371. The van der Waals surface area contributed by atoms with Crippen LogP contribution in [0.2, 0.25) is 5.02 Å². The second-order valence-electron chi connectivity index (χ2n) is 8.73. The predicted molar refractivity (Wildman–Crippen MR) is 136 cm³/mol. The highest BCUT2D eigenvalue weighted by atomic mass is 35.5. The minimum atomic E-state index is -0.146. The molecule has 0 atom stereocenters. The molecule has 1 aromatic heterocycles. The maximum Gasteiger partial charge on any atom is 0.251 e. The number of hydrogen-bond acceptors (Lipinski definition) is 4. The highest BCUT2D eigenvalue weighted by molar-refractivity contribution is 6.31. The van der Waals surface area contributed by atoms with E-state index in [0.717, 1.165) is 52.8 Å². The number of fused-ring (bicyclic) bond motifs is 1. The molecule has 1 saturated heterocycles. The van der Waals surface area contributed by atoms with Crippen LogP contribution >= 0.6 is 11.6 Å². The SMILES string of the molecule is O=C(NCc1[nH]nc2ccc(Cl)cc12)c1cccc(Cc2ccc(CN3CCNCC3=O)cc2)c1. The van der Waals surface area contributed by atoms with E-state index < -0.39 is 0 Å². The second-order valence-corrected chi connectivity index (χ2v) is 9.17. The van der Waals surface area contributed by atoms with Gasteiger partial charge in [-0.15, -0.1) is 0 Å². The molecular formula is C27H26ClN5O2. The van der Waals surface area contributed by atoms with Gasteiger partial charge in [-0.3, -0.25) is 14.7 Å². The summed E-state index contributed by atoms with van der Waals surface area (Å²) in [5.74, 6) is -0.00686. The van der Waals surface area contributed by atoms with E-state index >= 15 is 0 Å². The van der Waals surface area contributed by atoms with Crippen LogP contribution in [0.5, 0.6) is 0 Å². The number of hydrogen-bond donors (Lipinski definition) is 3. The zero-order chi connectivity index (χ0) is 24.2. The summed E-state index contributed by atoms with van der Waals surface area (Å²) in [7, 11) is 0. The van der Waals surface area contributed by atoms with E-state index in [1.54, 1.807) is 6.07 Å². The number of carbonyl (C=O) groups is 2. The van der Waals surface area contributed by atoms with Gasteiger partial charge in [0.1, 0.15) is 0 Å². The summed E-state index contributed by atoms with van der Waals surface area (Å²) in [6.45, 7) is 2.94. The first-order valence-electron chi connectivity index (χ1n) is 11.6. The molecule has 35 heavy (non-hydrogen) atoms. The van der Waals surface area contributed by atoms with Gasteiger partial charge in [0.05, 0.1) is 24.3 Å². The molecule has 7 nitrogen and oxygen atoms in total. The van der Waals surface area contributed by atoms with E-state index in [1.807, 2.05) is 41.3 Å². The lowest BCUT2D eigenvalue weighted by molar-refractivity contribution is -0.132. The molecule has 3 N–H and O–H groups in total. The first-order chi connectivity index (χ1) is 17.0. The number of benzene rings is 3. The van der Waals surface area contributed by atoms with Crippen LogP contribution in [-0.2, 0) is 24.3 Å². The first kappa shape index (κ1) is 23.1. The molecule has 0 unspecified atom stereocenters. The number of nitrogens with one attached hydrogen (secondary N) is 3. The number of amides is 2. The standard InChI is InChI=1S/C27H26ClN5O2/c28-22-8-9-24-23(14-22)25(32-31-24)15-30-27(35)21-3-1-2-20(13-21)12-18-4-6-19(7-5-18)17-33-11-10-29-16-26(33)34/h1-9,13-14,29H,10-12,15-17H2,(H,30,35)(H,31,32). The van der Waals surface area contributed by atoms with Crippen LogP contribution < -0.4 is 10.6 Å². The maximum atomic E-state index is 12.8. The van der Waals surface area contributed by atoms with Gasteiger partial charge >= 0.3 is 0 Å². The van der Waals surface area contributed by atoms with E-state index in [9.17, 15) is 9.59 Å². The average Bonchev–Trinajstić information content (AvgIpc) is 3.27. The highest BCUT2D eigenvalue weighted by Crippen LogP contribution is 2.21. The zero-order valence-corrected chi connectivity index (χ0v) is 19.9. The van der Waals surface area contributed by atoms with Crippen molar-refractivity contribution >= 4 is 34.3 Å². The van der Waals surface area contributed by atoms with Crippen molar-refractivity contribution in [2.45, 2.75) is 19.5 Å². The number of carbonyl (C=O) groups excluding carboxylic acids is 2. The third-order valence-corrected chi connectivity index (χ3v) is 6.44. The Kier molecular flexibility index (Phi) is 6.79. The van der Waals surface area contributed by atoms with Crippen LogP contribution in [0.4, 0.5) is 0 Å². The van der Waals surface area contributed by atoms with Gasteiger partial charge in [0, 0.05) is 35.6 Å². The molecule has 178 valence electrons. The van der Waals surface area contributed by atoms with Gasteiger partial charge in [0.25, 0.3) is 5.91 Å². The van der Waals surface area contributed by atoms with Crippen LogP contribution in [-0.4, -0.2) is 46.5 Å². The first-order valence-corrected chi connectivity index (χ1v) is 12.0. The van der Waals surface area contributed by atoms with E-state index in [4.69, 9.17) is 11.6 Å². The molecule has 1 aliphatic heterocycles. The van der Waals surface area contributed by atoms with E-state index in [1.165, 1.54) is 0 Å². The number of aromatic nitrogens is 2. The molecule has 2 heterocycles. The van der Waals surface area contributed by atoms with Crippen molar-refractivity contribution in [1.29, 1.82) is 0 Å². The molecule has 2 amide bonds. The van der Waals surface area contributed by atoms with E-state index in [2.05, 4.69) is 45.1 Å². The Balaban J connectivity index is 1.20. The molecular weight excluding hydrogens is 462 g/mol. The summed E-state index contributed by atoms with van der Waals surface area (Å²) in [4.78, 5) is 26.7. The minimum Gasteiger partial charge on any atom is -0.346 e. The lowest BCUT2D eigenvalue weighted by Crippen LogP contribution is -2.47. The Morgan fingerprint density at radius 1 is 1.03 bits per heavy atom. The lowest BCUT2D eigenvalue weighted by Gasteiger charge is -2.27. The molecule has 8 heteroatoms. The fraction of sp³-hybridized carbons (Fsp3) is 0.222. The average molecular weight is 488 g/mol. The summed E-state index contributed by atoms with van der Waals surface area (Å²) >= 11 is 6.10. The van der Waals surface area contributed by atoms with Crippen LogP contribution in [0.1, 0.15) is 32.7 Å². The molecule has 1 fully saturated rings. The highest BCUT2D eigenvalue weighted by Gasteiger charge is 2.17. The molecule has 0 bridgehead atoms. The van der Waals surface area contributed by atoms with Gasteiger partial charge in [-0.1, -0.05) is 48.0 Å². The third-order valence-electron chi connectivity index (χ3n) is 6.20. The number of piperazine rings is 1. The molecule has 4 aromatic rings. The smallest absolute Gasteiger partial charge is 0.251 e. The second kappa shape index (κ2) is 10.3. The number of rotatable bonds is 7. The minimum absolute atomic E-state index is 0.139. The summed E-state index contributed by atoms with van der Waals surface area (Å²) in [6, 6.07) is 21.5. The number of nitrogens with zero attached hydrogens (tertiary/aromatic N) is 2. The van der Waals surface area contributed by atoms with Crippen molar-refractivity contribution in [3.8, 4) is 0 Å². The van der Waals surface area contributed by atoms with Crippen LogP contribution in [0.3, 0.4) is 0 Å². The Bertz CT molecular complexity index is 1370. The monoisotopic (exact) mass is 487 g/mol. The molecule has 0 saturated carbocycles. The predicted octanol–water partition coefficient (Wildman–Crippen LogP) is 3.67. The fourth-order valence-electron chi connectivity index (χ4n) is 4.30. The fourth-order valence-corrected chi connectivity index (χ4v) is 4.47. The van der Waals surface area contributed by atoms with Gasteiger partial charge in [0.2, 0.25) is 5.91 Å². The summed E-state index contributed by atoms with van der Waals surface area (Å²) in [5.41, 5.74) is 5.56. The van der Waals surface area contributed by atoms with Crippen molar-refractivity contribution in [2.75, 3.05) is 19.6 Å². The third kappa shape index (κ3) is 5.53. The van der Waals surface area contributed by atoms with E-state index in [-0.39, 0.29) is 11.8 Å². The lowest BCUT2D eigenvalue weighted by atomic mass is 10.0. The normalized spacial score (nSPS) is 13.9. The molecule has 0 radical (unpaired) electrons. The number of H-pyrrole nitrogens is 1. The topological polar surface area (TPSA) is 90.1 Å². The van der Waals surface area contributed by atoms with Gasteiger partial charge in [-0.05, 0) is 53.4 Å². The summed E-state index contributed by atoms with van der Waals surface area (Å²) < 4.78 is 0. The van der Waals surface area contributed by atoms with Crippen LogP contribution in [0.25, 0.3) is 10.9 Å². The van der Waals surface area contributed by atoms with Crippen molar-refractivity contribution in [3.63, 3.8) is 0 Å². The van der Waals surface area contributed by atoms with Crippen molar-refractivity contribution in [2.24, 2.45) is 0 Å². The molecule has 0 aliphatic carbocycles. The Morgan fingerprint density at radius 2 is 1.86 bits per heavy atom. The number of halogens is 1. The van der Waals surface area contributed by atoms with Crippen molar-refractivity contribution in [1.82, 2.24) is 25.7 Å². The Morgan fingerprint density at radius 3 is 2.69 bits per heavy atom. The summed E-state index contributed by atoms with van der Waals surface area (Å²) in [6.07, 6.45) is 0.720. The van der Waals surface area contributed by atoms with E-state index in [0.29, 0.717) is 30.2 Å². The van der Waals surface area contributed by atoms with Crippen LogP contribution in [0, 0.1) is 0 Å². The van der Waals surface area contributed by atoms with Crippen molar-refractivity contribution < 1.29 is 9.59 Å². The van der Waals surface area contributed by atoms with Gasteiger partial charge in [-0.25, -0.2) is 0 Å². The van der Waals surface area contributed by atoms with Gasteiger partial charge in [0.15, 0.2) is 0 Å². The van der Waals surface area contributed by atoms with Crippen LogP contribution in [0.15, 0.2) is 66.7 Å². The summed E-state index contributed by atoms with van der Waals surface area (Å²) in [5, 5.41) is 14.8. The Labute approximate surface area is 208 Å². The molecule has 0 spiro atoms. The molecule has 1 aliphatic rings.